The van der Waals surface area contributed by atoms with Crippen LogP contribution < -0.4 is 5.32 Å². The minimum absolute atomic E-state index is 0.00944. The highest BCUT2D eigenvalue weighted by Crippen LogP contribution is 2.28. The van der Waals surface area contributed by atoms with Gasteiger partial charge >= 0.3 is 12.1 Å². The Bertz CT molecular complexity index is 729. The van der Waals surface area contributed by atoms with Crippen LogP contribution >= 0.6 is 0 Å². The number of amides is 2. The predicted molar refractivity (Wildman–Crippen MR) is 96.2 cm³/mol. The van der Waals surface area contributed by atoms with Gasteiger partial charge in [0, 0.05) is 0 Å². The number of benzene rings is 1. The van der Waals surface area contributed by atoms with Crippen molar-refractivity contribution in [1.82, 2.24) is 10.2 Å². The van der Waals surface area contributed by atoms with E-state index >= 15 is 0 Å². The lowest BCUT2D eigenvalue weighted by Gasteiger charge is -2.32. The van der Waals surface area contributed by atoms with Gasteiger partial charge in [-0.1, -0.05) is 36.4 Å². The van der Waals surface area contributed by atoms with Crippen molar-refractivity contribution in [1.29, 1.82) is 0 Å². The summed E-state index contributed by atoms with van der Waals surface area (Å²) in [5, 5.41) is 2.47. The Morgan fingerprint density at radius 1 is 1.30 bits per heavy atom. The number of carbonyl (C=O) groups is 3. The molecule has 146 valence electrons. The van der Waals surface area contributed by atoms with Crippen molar-refractivity contribution in [3.63, 3.8) is 0 Å². The lowest BCUT2D eigenvalue weighted by molar-refractivity contribution is -0.138. The molecule has 1 N–H and O–H groups in total. The summed E-state index contributed by atoms with van der Waals surface area (Å²) in [7, 11) is 1.22. The van der Waals surface area contributed by atoms with Gasteiger partial charge in [0.1, 0.15) is 24.1 Å². The van der Waals surface area contributed by atoms with E-state index in [1.807, 2.05) is 30.3 Å². The van der Waals surface area contributed by atoms with Crippen molar-refractivity contribution in [2.75, 3.05) is 13.7 Å². The highest BCUT2D eigenvalue weighted by atomic mass is 16.6. The van der Waals surface area contributed by atoms with Crippen LogP contribution in [0.15, 0.2) is 42.1 Å². The van der Waals surface area contributed by atoms with Gasteiger partial charge < -0.3 is 19.5 Å². The summed E-state index contributed by atoms with van der Waals surface area (Å²) in [6, 6.07) is 8.27. The quantitative estimate of drug-likeness (QED) is 0.624. The van der Waals surface area contributed by atoms with Gasteiger partial charge in [-0.3, -0.25) is 9.69 Å². The summed E-state index contributed by atoms with van der Waals surface area (Å²) in [5.41, 5.74) is -0.214. The third kappa shape index (κ3) is 4.85. The molecule has 1 heterocycles. The number of esters is 1. The van der Waals surface area contributed by atoms with Crippen molar-refractivity contribution in [3.05, 3.63) is 47.7 Å². The highest BCUT2D eigenvalue weighted by Gasteiger charge is 2.48. The van der Waals surface area contributed by atoms with Gasteiger partial charge in [0.15, 0.2) is 0 Å². The number of hydrogen-bond acceptors (Lipinski definition) is 6. The predicted octanol–water partition coefficient (Wildman–Crippen LogP) is 1.95. The maximum Gasteiger partial charge on any atom is 0.413 e. The van der Waals surface area contributed by atoms with Crippen LogP contribution in [0.5, 0.6) is 0 Å². The van der Waals surface area contributed by atoms with Gasteiger partial charge in [0.2, 0.25) is 5.91 Å². The Balaban J connectivity index is 2.10. The maximum absolute atomic E-state index is 12.6. The molecule has 2 rings (SSSR count). The van der Waals surface area contributed by atoms with Crippen molar-refractivity contribution >= 4 is 18.0 Å². The van der Waals surface area contributed by atoms with Gasteiger partial charge in [0.25, 0.3) is 0 Å². The molecule has 0 unspecified atom stereocenters. The molecule has 8 nitrogen and oxygen atoms in total. The van der Waals surface area contributed by atoms with E-state index in [0.29, 0.717) is 0 Å². The number of nitrogens with one attached hydrogen (secondary N) is 1. The molecule has 0 bridgehead atoms. The molecule has 1 aliphatic heterocycles. The van der Waals surface area contributed by atoms with Gasteiger partial charge in [-0.25, -0.2) is 9.59 Å². The molecule has 0 aromatic heterocycles. The van der Waals surface area contributed by atoms with Crippen LogP contribution in [-0.2, 0) is 30.4 Å². The van der Waals surface area contributed by atoms with E-state index in [0.717, 1.165) is 5.56 Å². The van der Waals surface area contributed by atoms with Crippen LogP contribution in [0.25, 0.3) is 0 Å². The van der Waals surface area contributed by atoms with E-state index in [-0.39, 0.29) is 18.9 Å². The zero-order valence-electron chi connectivity index (χ0n) is 15.9. The van der Waals surface area contributed by atoms with E-state index < -0.39 is 29.7 Å². The Labute approximate surface area is 158 Å². The molecule has 0 saturated carbocycles. The number of carbonyl (C=O) groups excluding carboxylic acids is 3. The Hall–Kier alpha value is -2.87. The molecule has 0 aliphatic carbocycles. The minimum atomic E-state index is -1.03. The molecule has 0 spiro atoms. The molecule has 1 fully saturated rings. The fourth-order valence-corrected chi connectivity index (χ4v) is 2.70. The van der Waals surface area contributed by atoms with Gasteiger partial charge in [-0.2, -0.15) is 0 Å². The third-order valence-corrected chi connectivity index (χ3v) is 4.14. The van der Waals surface area contributed by atoms with Crippen LogP contribution in [0.2, 0.25) is 0 Å². The van der Waals surface area contributed by atoms with Crippen LogP contribution in [0.3, 0.4) is 0 Å². The lowest BCUT2D eigenvalue weighted by Crippen LogP contribution is -2.53. The molecule has 1 aliphatic rings. The Kier molecular flexibility index (Phi) is 6.57. The van der Waals surface area contributed by atoms with Crippen LogP contribution in [0, 0.1) is 0 Å². The van der Waals surface area contributed by atoms with E-state index in [1.165, 1.54) is 18.1 Å². The third-order valence-electron chi connectivity index (χ3n) is 4.14. The lowest BCUT2D eigenvalue weighted by atomic mass is 10.2. The van der Waals surface area contributed by atoms with Gasteiger partial charge in [-0.15, -0.1) is 0 Å². The Morgan fingerprint density at radius 3 is 2.56 bits per heavy atom. The largest absolute Gasteiger partial charge is 0.464 e. The first-order chi connectivity index (χ1) is 12.8. The first-order valence-electron chi connectivity index (χ1n) is 8.49. The molecular formula is C19H24N2O6. The van der Waals surface area contributed by atoms with E-state index in [2.05, 4.69) is 10.1 Å². The summed E-state index contributed by atoms with van der Waals surface area (Å²) in [4.78, 5) is 38.1. The monoisotopic (exact) mass is 376 g/mol. The van der Waals surface area contributed by atoms with Gasteiger partial charge in [-0.05, 0) is 26.3 Å². The minimum Gasteiger partial charge on any atom is -0.464 e. The zero-order valence-corrected chi connectivity index (χ0v) is 15.9. The van der Waals surface area contributed by atoms with Crippen molar-refractivity contribution in [3.8, 4) is 0 Å². The molecule has 1 atom stereocenters. The zero-order chi connectivity index (χ0) is 20.0. The number of nitrogens with zero attached hydrogens (tertiary/aromatic N) is 1. The molecule has 27 heavy (non-hydrogen) atoms. The first-order valence-corrected chi connectivity index (χ1v) is 8.49. The van der Waals surface area contributed by atoms with E-state index in [4.69, 9.17) is 9.47 Å². The Morgan fingerprint density at radius 2 is 1.96 bits per heavy atom. The topological polar surface area (TPSA) is 94.2 Å². The molecule has 2 amide bonds. The molecule has 1 saturated heterocycles. The van der Waals surface area contributed by atoms with Gasteiger partial charge in [0.05, 0.1) is 13.7 Å². The fraction of sp³-hybridized carbons (Fsp3) is 0.421. The van der Waals surface area contributed by atoms with Crippen LogP contribution in [0.1, 0.15) is 26.3 Å². The second-order valence-electron chi connectivity index (χ2n) is 6.37. The first kappa shape index (κ1) is 20.4. The van der Waals surface area contributed by atoms with Crippen molar-refractivity contribution in [2.24, 2.45) is 0 Å². The van der Waals surface area contributed by atoms with E-state index in [9.17, 15) is 14.4 Å². The standard InChI is InChI=1S/C19H24N2O6/c1-5-14(17(23)25-4)20-16(22)15-12-27-19(2,3)21(15)18(24)26-11-13-9-7-6-8-10-13/h5-10,15H,11-12H2,1-4H3,(H,20,22)/b14-5-/t15-/m0/s1. The fourth-order valence-electron chi connectivity index (χ4n) is 2.70. The average Bonchev–Trinajstić information content (AvgIpc) is 2.99. The molecule has 1 aromatic rings. The smallest absolute Gasteiger partial charge is 0.413 e. The number of methoxy groups -OCH3 is 1. The second kappa shape index (κ2) is 8.68. The van der Waals surface area contributed by atoms with Crippen LogP contribution in [-0.4, -0.2) is 48.4 Å². The average molecular weight is 376 g/mol. The van der Waals surface area contributed by atoms with Crippen LogP contribution in [0.4, 0.5) is 4.79 Å². The van der Waals surface area contributed by atoms with Crippen molar-refractivity contribution < 1.29 is 28.6 Å². The number of allylic oxidation sites excluding steroid dienone is 1. The second-order valence-corrected chi connectivity index (χ2v) is 6.37. The summed E-state index contributed by atoms with van der Waals surface area (Å²) in [5.74, 6) is -1.24. The summed E-state index contributed by atoms with van der Waals surface area (Å²) in [6.07, 6.45) is 0.740. The SMILES string of the molecule is C/C=C(\NC(=O)[C@@H]1COC(C)(C)N1C(=O)OCc1ccccc1)C(=O)OC. The summed E-state index contributed by atoms with van der Waals surface area (Å²) < 4.78 is 15.6. The molecule has 1 aromatic carbocycles. The number of rotatable bonds is 5. The van der Waals surface area contributed by atoms with Crippen molar-refractivity contribution in [2.45, 2.75) is 39.1 Å². The van der Waals surface area contributed by atoms with E-state index in [1.54, 1.807) is 20.8 Å². The summed E-state index contributed by atoms with van der Waals surface area (Å²) in [6.45, 7) is 4.98. The normalized spacial score (nSPS) is 18.7. The highest BCUT2D eigenvalue weighted by molar-refractivity contribution is 5.96. The molecule has 8 heteroatoms. The number of ether oxygens (including phenoxy) is 3. The molecule has 0 radical (unpaired) electrons. The summed E-state index contributed by atoms with van der Waals surface area (Å²) >= 11 is 0. The molecular weight excluding hydrogens is 352 g/mol. The number of hydrogen-bond donors (Lipinski definition) is 1. The maximum atomic E-state index is 12.6.